The SMILES string of the molecule is CC(C)(C)OC(=O)N1CCN(c2ncc(Br)n3c(Br)cnc23)CC1. The Bertz CT molecular complexity index is 763. The molecule has 0 atom stereocenters. The molecule has 0 spiro atoms. The number of anilines is 1. The van der Waals surface area contributed by atoms with Gasteiger partial charge in [-0.05, 0) is 52.6 Å². The second kappa shape index (κ2) is 6.51. The molecule has 1 fully saturated rings. The van der Waals surface area contributed by atoms with Gasteiger partial charge in [-0.1, -0.05) is 0 Å². The minimum absolute atomic E-state index is 0.264. The fourth-order valence-corrected chi connectivity index (χ4v) is 3.73. The Balaban J connectivity index is 1.74. The minimum atomic E-state index is -0.476. The van der Waals surface area contributed by atoms with E-state index in [0.717, 1.165) is 20.7 Å². The predicted molar refractivity (Wildman–Crippen MR) is 98.4 cm³/mol. The van der Waals surface area contributed by atoms with Crippen molar-refractivity contribution >= 4 is 49.4 Å². The molecule has 1 amide bonds. The third kappa shape index (κ3) is 3.51. The number of ether oxygens (including phenoxy) is 1. The van der Waals surface area contributed by atoms with Crippen LogP contribution < -0.4 is 4.90 Å². The Hall–Kier alpha value is -1.35. The lowest BCUT2D eigenvalue weighted by Gasteiger charge is -2.36. The lowest BCUT2D eigenvalue weighted by Crippen LogP contribution is -2.50. The number of halogens is 2. The summed E-state index contributed by atoms with van der Waals surface area (Å²) >= 11 is 6.97. The van der Waals surface area contributed by atoms with Gasteiger partial charge in [0.05, 0.1) is 12.4 Å². The molecule has 3 heterocycles. The summed E-state index contributed by atoms with van der Waals surface area (Å²) in [6.45, 7) is 8.20. The van der Waals surface area contributed by atoms with Crippen molar-refractivity contribution < 1.29 is 9.53 Å². The van der Waals surface area contributed by atoms with E-state index < -0.39 is 5.60 Å². The van der Waals surface area contributed by atoms with Gasteiger partial charge in [0.15, 0.2) is 11.5 Å². The highest BCUT2D eigenvalue weighted by atomic mass is 79.9. The van der Waals surface area contributed by atoms with Crippen molar-refractivity contribution in [2.45, 2.75) is 26.4 Å². The molecule has 1 saturated heterocycles. The number of rotatable bonds is 1. The highest BCUT2D eigenvalue weighted by Gasteiger charge is 2.27. The average Bonchev–Trinajstić information content (AvgIpc) is 2.89. The van der Waals surface area contributed by atoms with Crippen LogP contribution in [-0.2, 0) is 4.74 Å². The molecule has 0 bridgehead atoms. The van der Waals surface area contributed by atoms with E-state index in [-0.39, 0.29) is 6.09 Å². The van der Waals surface area contributed by atoms with Gasteiger partial charge in [0, 0.05) is 26.2 Å². The monoisotopic (exact) mass is 459 g/mol. The van der Waals surface area contributed by atoms with Crippen LogP contribution in [0, 0.1) is 0 Å². The summed E-state index contributed by atoms with van der Waals surface area (Å²) in [5.41, 5.74) is 0.303. The fraction of sp³-hybridized carbons (Fsp3) is 0.533. The molecule has 3 rings (SSSR count). The van der Waals surface area contributed by atoms with Gasteiger partial charge in [-0.15, -0.1) is 0 Å². The van der Waals surface area contributed by atoms with Crippen LogP contribution in [0.4, 0.5) is 10.6 Å². The molecule has 1 aliphatic rings. The van der Waals surface area contributed by atoms with Crippen molar-refractivity contribution in [1.82, 2.24) is 19.3 Å². The van der Waals surface area contributed by atoms with E-state index in [1.54, 1.807) is 17.3 Å². The third-order valence-corrected chi connectivity index (χ3v) is 4.78. The minimum Gasteiger partial charge on any atom is -0.444 e. The van der Waals surface area contributed by atoms with Crippen LogP contribution in [-0.4, -0.2) is 57.1 Å². The van der Waals surface area contributed by atoms with Crippen molar-refractivity contribution in [3.8, 4) is 0 Å². The zero-order chi connectivity index (χ0) is 17.5. The quantitative estimate of drug-likeness (QED) is 0.653. The van der Waals surface area contributed by atoms with E-state index in [2.05, 4.69) is 46.7 Å². The van der Waals surface area contributed by atoms with Crippen molar-refractivity contribution in [1.29, 1.82) is 0 Å². The first-order valence-corrected chi connectivity index (χ1v) is 9.25. The summed E-state index contributed by atoms with van der Waals surface area (Å²) in [5.74, 6) is 0.813. The standard InChI is InChI=1S/C15H19Br2N5O2/c1-15(2,3)24-14(23)21-6-4-20(5-7-21)12-13-19-9-11(17)22(13)10(16)8-18-12/h8-9H,4-7H2,1-3H3. The largest absolute Gasteiger partial charge is 0.444 e. The van der Waals surface area contributed by atoms with Gasteiger partial charge in [0.1, 0.15) is 14.8 Å². The molecule has 9 heteroatoms. The van der Waals surface area contributed by atoms with Crippen molar-refractivity contribution in [2.75, 3.05) is 31.1 Å². The van der Waals surface area contributed by atoms with Crippen LogP contribution in [0.5, 0.6) is 0 Å². The molecule has 0 unspecified atom stereocenters. The van der Waals surface area contributed by atoms with Crippen molar-refractivity contribution in [3.05, 3.63) is 21.6 Å². The third-order valence-electron chi connectivity index (χ3n) is 3.66. The van der Waals surface area contributed by atoms with Crippen LogP contribution in [0.25, 0.3) is 5.65 Å². The van der Waals surface area contributed by atoms with Gasteiger partial charge in [-0.2, -0.15) is 0 Å². The number of fused-ring (bicyclic) bond motifs is 1. The lowest BCUT2D eigenvalue weighted by molar-refractivity contribution is 0.0240. The van der Waals surface area contributed by atoms with Crippen LogP contribution in [0.1, 0.15) is 20.8 Å². The molecule has 0 aliphatic carbocycles. The summed E-state index contributed by atoms with van der Waals surface area (Å²) in [7, 11) is 0. The maximum atomic E-state index is 12.2. The van der Waals surface area contributed by atoms with Crippen molar-refractivity contribution in [3.63, 3.8) is 0 Å². The van der Waals surface area contributed by atoms with E-state index in [1.807, 2.05) is 25.2 Å². The highest BCUT2D eigenvalue weighted by molar-refractivity contribution is 9.11. The molecule has 130 valence electrons. The van der Waals surface area contributed by atoms with E-state index >= 15 is 0 Å². The first-order chi connectivity index (χ1) is 11.3. The molecule has 7 nitrogen and oxygen atoms in total. The first kappa shape index (κ1) is 17.5. The summed E-state index contributed by atoms with van der Waals surface area (Å²) in [6.07, 6.45) is 3.25. The second-order valence-electron chi connectivity index (χ2n) is 6.60. The van der Waals surface area contributed by atoms with Gasteiger partial charge < -0.3 is 14.5 Å². The first-order valence-electron chi connectivity index (χ1n) is 7.66. The number of piperazine rings is 1. The number of hydrogen-bond acceptors (Lipinski definition) is 5. The number of imidazole rings is 1. The molecule has 0 N–H and O–H groups in total. The Labute approximate surface area is 157 Å². The Kier molecular flexibility index (Phi) is 4.74. The highest BCUT2D eigenvalue weighted by Crippen LogP contribution is 2.26. The molecule has 2 aromatic rings. The van der Waals surface area contributed by atoms with Gasteiger partial charge in [-0.3, -0.25) is 4.40 Å². The number of amides is 1. The summed E-state index contributed by atoms with van der Waals surface area (Å²) < 4.78 is 9.07. The number of hydrogen-bond donors (Lipinski definition) is 0. The predicted octanol–water partition coefficient (Wildman–Crippen LogP) is 3.31. The van der Waals surface area contributed by atoms with Crippen LogP contribution >= 0.6 is 31.9 Å². The van der Waals surface area contributed by atoms with E-state index in [4.69, 9.17) is 4.74 Å². The number of aromatic nitrogens is 3. The molecule has 24 heavy (non-hydrogen) atoms. The van der Waals surface area contributed by atoms with Gasteiger partial charge in [0.2, 0.25) is 0 Å². The number of carbonyl (C=O) groups is 1. The van der Waals surface area contributed by atoms with Gasteiger partial charge >= 0.3 is 6.09 Å². The zero-order valence-electron chi connectivity index (χ0n) is 13.8. The average molecular weight is 461 g/mol. The molecular weight excluding hydrogens is 442 g/mol. The van der Waals surface area contributed by atoms with E-state index in [0.29, 0.717) is 26.2 Å². The summed E-state index contributed by atoms with van der Waals surface area (Å²) in [5, 5.41) is 0. The van der Waals surface area contributed by atoms with Crippen LogP contribution in [0.15, 0.2) is 21.6 Å². The Morgan fingerprint density at radius 2 is 1.67 bits per heavy atom. The van der Waals surface area contributed by atoms with Crippen LogP contribution in [0.2, 0.25) is 0 Å². The molecule has 1 aliphatic heterocycles. The maximum absolute atomic E-state index is 12.2. The Morgan fingerprint density at radius 1 is 1.08 bits per heavy atom. The van der Waals surface area contributed by atoms with E-state index in [1.165, 1.54) is 0 Å². The fourth-order valence-electron chi connectivity index (χ4n) is 2.57. The number of nitrogens with zero attached hydrogens (tertiary/aromatic N) is 5. The van der Waals surface area contributed by atoms with Gasteiger partial charge in [-0.25, -0.2) is 14.8 Å². The summed E-state index contributed by atoms with van der Waals surface area (Å²) in [6, 6.07) is 0. The lowest BCUT2D eigenvalue weighted by atomic mass is 10.2. The maximum Gasteiger partial charge on any atom is 0.410 e. The molecule has 0 radical (unpaired) electrons. The van der Waals surface area contributed by atoms with Crippen molar-refractivity contribution in [2.24, 2.45) is 0 Å². The smallest absolute Gasteiger partial charge is 0.410 e. The topological polar surface area (TPSA) is 63.0 Å². The Morgan fingerprint density at radius 3 is 2.25 bits per heavy atom. The zero-order valence-corrected chi connectivity index (χ0v) is 17.0. The second-order valence-corrected chi connectivity index (χ2v) is 8.22. The van der Waals surface area contributed by atoms with Gasteiger partial charge in [0.25, 0.3) is 0 Å². The molecule has 0 aromatic carbocycles. The molecular formula is C15H19Br2N5O2. The van der Waals surface area contributed by atoms with E-state index in [9.17, 15) is 4.79 Å². The summed E-state index contributed by atoms with van der Waals surface area (Å²) in [4.78, 5) is 25.0. The van der Waals surface area contributed by atoms with Crippen LogP contribution in [0.3, 0.4) is 0 Å². The molecule has 0 saturated carbocycles. The molecule has 2 aromatic heterocycles. The number of carbonyl (C=O) groups excluding carboxylic acids is 1. The normalized spacial score (nSPS) is 15.9.